The van der Waals surface area contributed by atoms with Crippen LogP contribution < -0.4 is 10.6 Å². The van der Waals surface area contributed by atoms with Crippen molar-refractivity contribution in [2.24, 2.45) is 0 Å². The lowest BCUT2D eigenvalue weighted by Gasteiger charge is -2.39. The van der Waals surface area contributed by atoms with Crippen LogP contribution in [0.2, 0.25) is 0 Å². The molecule has 6 nitrogen and oxygen atoms in total. The molecule has 1 rings (SSSR count). The Kier molecular flexibility index (Phi) is 5.97. The Balaban J connectivity index is 2.48. The van der Waals surface area contributed by atoms with E-state index in [9.17, 15) is 27.9 Å². The van der Waals surface area contributed by atoms with Crippen LogP contribution in [-0.4, -0.2) is 66.8 Å². The highest BCUT2D eigenvalue weighted by atomic mass is 19.4. The summed E-state index contributed by atoms with van der Waals surface area (Å²) in [7, 11) is 1.44. The van der Waals surface area contributed by atoms with Crippen LogP contribution in [0.15, 0.2) is 0 Å². The van der Waals surface area contributed by atoms with E-state index < -0.39 is 30.8 Å². The third-order valence-corrected chi connectivity index (χ3v) is 3.28. The van der Waals surface area contributed by atoms with Gasteiger partial charge in [-0.15, -0.1) is 0 Å². The number of β-amino-alcohol motifs (C(OH)–C–C–N with tert-alkyl or cyclic N) is 1. The fourth-order valence-corrected chi connectivity index (χ4v) is 2.28. The predicted octanol–water partition coefficient (Wildman–Crippen LogP) is -0.372. The molecule has 1 saturated heterocycles. The van der Waals surface area contributed by atoms with E-state index in [4.69, 9.17) is 0 Å². The molecule has 1 heterocycles. The van der Waals surface area contributed by atoms with Crippen molar-refractivity contribution in [1.29, 1.82) is 0 Å². The highest BCUT2D eigenvalue weighted by Gasteiger charge is 2.37. The van der Waals surface area contributed by atoms with E-state index in [1.807, 2.05) is 5.32 Å². The molecule has 1 unspecified atom stereocenters. The minimum atomic E-state index is -4.37. The summed E-state index contributed by atoms with van der Waals surface area (Å²) in [5.74, 6) is -0.865. The van der Waals surface area contributed by atoms with Crippen LogP contribution in [0.25, 0.3) is 0 Å². The fraction of sp³-hybridized carbons (Fsp3) is 0.833. The average Bonchev–Trinajstić information content (AvgIpc) is 2.36. The van der Waals surface area contributed by atoms with Gasteiger partial charge >= 0.3 is 6.18 Å². The molecule has 0 spiro atoms. The standard InChI is InChI=1S/C12H20F3N3O3/c1-16-9(19)5-11(21)3-2-4-18(8-11)10(20)6-17-7-12(13,14)15/h17,21H,2-8H2,1H3,(H,16,19). The maximum atomic E-state index is 12.0. The van der Waals surface area contributed by atoms with Gasteiger partial charge in [0.2, 0.25) is 11.8 Å². The van der Waals surface area contributed by atoms with Gasteiger partial charge in [-0.05, 0) is 12.8 Å². The van der Waals surface area contributed by atoms with Crippen molar-refractivity contribution in [3.8, 4) is 0 Å². The van der Waals surface area contributed by atoms with E-state index in [2.05, 4.69) is 5.32 Å². The quantitative estimate of drug-likeness (QED) is 0.647. The number of likely N-dealkylation sites (tertiary alicyclic amines) is 1. The Labute approximate surface area is 120 Å². The minimum Gasteiger partial charge on any atom is -0.388 e. The summed E-state index contributed by atoms with van der Waals surface area (Å²) in [6.45, 7) is -1.37. The van der Waals surface area contributed by atoms with Crippen LogP contribution in [-0.2, 0) is 9.59 Å². The molecule has 3 N–H and O–H groups in total. The van der Waals surface area contributed by atoms with Gasteiger partial charge in [0.25, 0.3) is 0 Å². The molecule has 0 bridgehead atoms. The van der Waals surface area contributed by atoms with Crippen molar-refractivity contribution < 1.29 is 27.9 Å². The number of hydrogen-bond donors (Lipinski definition) is 3. The molecule has 21 heavy (non-hydrogen) atoms. The number of hydrogen-bond acceptors (Lipinski definition) is 4. The minimum absolute atomic E-state index is 0.0487. The van der Waals surface area contributed by atoms with Gasteiger partial charge in [-0.1, -0.05) is 0 Å². The number of rotatable bonds is 5. The molecule has 1 fully saturated rings. The first kappa shape index (κ1) is 17.7. The van der Waals surface area contributed by atoms with Crippen molar-refractivity contribution >= 4 is 11.8 Å². The Morgan fingerprint density at radius 1 is 1.38 bits per heavy atom. The number of alkyl halides is 3. The van der Waals surface area contributed by atoms with E-state index in [-0.39, 0.29) is 18.9 Å². The number of carbonyl (C=O) groups is 2. The number of carbonyl (C=O) groups excluding carboxylic acids is 2. The van der Waals surface area contributed by atoms with Crippen LogP contribution in [0, 0.1) is 0 Å². The summed E-state index contributed by atoms with van der Waals surface area (Å²) in [6, 6.07) is 0. The van der Waals surface area contributed by atoms with Gasteiger partial charge in [-0.25, -0.2) is 0 Å². The smallest absolute Gasteiger partial charge is 0.388 e. The SMILES string of the molecule is CNC(=O)CC1(O)CCCN(C(=O)CNCC(F)(F)F)C1. The van der Waals surface area contributed by atoms with Gasteiger partial charge in [0.05, 0.1) is 25.1 Å². The second kappa shape index (κ2) is 7.08. The molecule has 0 aromatic carbocycles. The Bertz CT molecular complexity index is 390. The summed E-state index contributed by atoms with van der Waals surface area (Å²) < 4.78 is 35.9. The van der Waals surface area contributed by atoms with Crippen LogP contribution in [0.3, 0.4) is 0 Å². The summed E-state index contributed by atoms with van der Waals surface area (Å²) in [4.78, 5) is 24.4. The molecule has 9 heteroatoms. The van der Waals surface area contributed by atoms with Gasteiger partial charge < -0.3 is 20.6 Å². The largest absolute Gasteiger partial charge is 0.401 e. The van der Waals surface area contributed by atoms with E-state index in [0.29, 0.717) is 19.4 Å². The summed E-state index contributed by atoms with van der Waals surface area (Å²) in [5, 5.41) is 14.7. The Hall–Kier alpha value is -1.35. The lowest BCUT2D eigenvalue weighted by atomic mass is 9.89. The summed E-state index contributed by atoms with van der Waals surface area (Å²) >= 11 is 0. The number of nitrogens with one attached hydrogen (secondary N) is 2. The third-order valence-electron chi connectivity index (χ3n) is 3.28. The van der Waals surface area contributed by atoms with Gasteiger partial charge in [0, 0.05) is 20.1 Å². The zero-order chi connectivity index (χ0) is 16.1. The molecule has 0 aliphatic carbocycles. The highest BCUT2D eigenvalue weighted by molar-refractivity contribution is 5.79. The molecule has 122 valence electrons. The molecular weight excluding hydrogens is 291 g/mol. The van der Waals surface area contributed by atoms with Gasteiger partial charge in [-0.3, -0.25) is 9.59 Å². The molecule has 0 aromatic heterocycles. The maximum absolute atomic E-state index is 12.0. The first-order valence-electron chi connectivity index (χ1n) is 6.63. The maximum Gasteiger partial charge on any atom is 0.401 e. The van der Waals surface area contributed by atoms with Crippen LogP contribution in [0.5, 0.6) is 0 Å². The van der Waals surface area contributed by atoms with Gasteiger partial charge in [0.1, 0.15) is 0 Å². The topological polar surface area (TPSA) is 81.7 Å². The second-order valence-corrected chi connectivity index (χ2v) is 5.21. The number of aliphatic hydroxyl groups is 1. The molecule has 0 saturated carbocycles. The monoisotopic (exact) mass is 311 g/mol. The second-order valence-electron chi connectivity index (χ2n) is 5.21. The zero-order valence-electron chi connectivity index (χ0n) is 11.8. The first-order chi connectivity index (χ1) is 9.65. The molecule has 1 atom stereocenters. The van der Waals surface area contributed by atoms with Crippen molar-refractivity contribution in [2.75, 3.05) is 33.2 Å². The summed E-state index contributed by atoms with van der Waals surface area (Å²) in [5.41, 5.74) is -1.32. The number of piperidine rings is 1. The van der Waals surface area contributed by atoms with Crippen molar-refractivity contribution in [3.63, 3.8) is 0 Å². The normalized spacial score (nSPS) is 23.0. The third kappa shape index (κ3) is 6.30. The molecule has 2 amide bonds. The number of nitrogens with zero attached hydrogens (tertiary/aromatic N) is 1. The highest BCUT2D eigenvalue weighted by Crippen LogP contribution is 2.24. The Morgan fingerprint density at radius 2 is 2.05 bits per heavy atom. The number of amides is 2. The molecule has 1 aliphatic rings. The van der Waals surface area contributed by atoms with Crippen LogP contribution in [0.4, 0.5) is 13.2 Å². The first-order valence-corrected chi connectivity index (χ1v) is 6.63. The lowest BCUT2D eigenvalue weighted by molar-refractivity contribution is -0.143. The van der Waals surface area contributed by atoms with Crippen LogP contribution in [0.1, 0.15) is 19.3 Å². The number of halogens is 3. The molecular formula is C12H20F3N3O3. The van der Waals surface area contributed by atoms with Crippen molar-refractivity contribution in [2.45, 2.75) is 31.0 Å². The molecule has 0 aromatic rings. The van der Waals surface area contributed by atoms with Crippen molar-refractivity contribution in [1.82, 2.24) is 15.5 Å². The van der Waals surface area contributed by atoms with E-state index in [0.717, 1.165) is 0 Å². The summed E-state index contributed by atoms with van der Waals surface area (Å²) in [6.07, 6.45) is -3.63. The average molecular weight is 311 g/mol. The predicted molar refractivity (Wildman–Crippen MR) is 68.4 cm³/mol. The van der Waals surface area contributed by atoms with Crippen LogP contribution >= 0.6 is 0 Å². The zero-order valence-corrected chi connectivity index (χ0v) is 11.8. The van der Waals surface area contributed by atoms with Gasteiger partial charge in [0.15, 0.2) is 0 Å². The van der Waals surface area contributed by atoms with E-state index >= 15 is 0 Å². The lowest BCUT2D eigenvalue weighted by Crippen LogP contribution is -2.53. The van der Waals surface area contributed by atoms with Gasteiger partial charge in [-0.2, -0.15) is 13.2 Å². The molecule has 0 radical (unpaired) electrons. The molecule has 1 aliphatic heterocycles. The fourth-order valence-electron chi connectivity index (χ4n) is 2.28. The Morgan fingerprint density at radius 3 is 2.62 bits per heavy atom. The van der Waals surface area contributed by atoms with E-state index in [1.54, 1.807) is 0 Å². The van der Waals surface area contributed by atoms with Crippen molar-refractivity contribution in [3.05, 3.63) is 0 Å². The van der Waals surface area contributed by atoms with E-state index in [1.165, 1.54) is 11.9 Å².